The number of aliphatic imine (C=N–C) groups is 1. The van der Waals surface area contributed by atoms with Gasteiger partial charge in [0.15, 0.2) is 6.04 Å². The summed E-state index contributed by atoms with van der Waals surface area (Å²) in [7, 11) is 0. The van der Waals surface area contributed by atoms with Gasteiger partial charge in [0.1, 0.15) is 0 Å². The van der Waals surface area contributed by atoms with E-state index in [0.717, 1.165) is 5.70 Å². The minimum atomic E-state index is -0.297. The quantitative estimate of drug-likeness (QED) is 0.450. The Kier molecular flexibility index (Phi) is 1.00. The Labute approximate surface area is 58.0 Å². The average Bonchev–Trinajstić information content (AvgIpc) is 2.36. The Balaban J connectivity index is 2.27. The van der Waals surface area contributed by atoms with Crippen molar-refractivity contribution in [1.29, 1.82) is 0 Å². The summed E-state index contributed by atoms with van der Waals surface area (Å²) in [4.78, 5) is 14.9. The molecule has 1 atom stereocenters. The van der Waals surface area contributed by atoms with Crippen LogP contribution in [0.4, 0.5) is 0 Å². The normalized spacial score (nSPS) is 28.6. The first-order valence-corrected chi connectivity index (χ1v) is 3.13. The molecule has 2 rings (SSSR count). The molecule has 0 aromatic carbocycles. The molecule has 10 heavy (non-hydrogen) atoms. The summed E-state index contributed by atoms with van der Waals surface area (Å²) in [6.45, 7) is 0.518. The smallest absolute Gasteiger partial charge is 0.252 e. The van der Waals surface area contributed by atoms with Crippen molar-refractivity contribution in [1.82, 2.24) is 10.6 Å². The first-order valence-electron chi connectivity index (χ1n) is 3.13. The zero-order valence-electron chi connectivity index (χ0n) is 5.29. The van der Waals surface area contributed by atoms with Crippen LogP contribution in [0.1, 0.15) is 0 Å². The van der Waals surface area contributed by atoms with E-state index in [2.05, 4.69) is 15.6 Å². The van der Waals surface area contributed by atoms with E-state index < -0.39 is 0 Å². The number of carbonyl (C=O) groups excluding carboxylic acids is 1. The second-order valence-electron chi connectivity index (χ2n) is 2.22. The van der Waals surface area contributed by atoms with Gasteiger partial charge in [0, 0.05) is 11.9 Å². The lowest BCUT2D eigenvalue weighted by Gasteiger charge is -2.20. The van der Waals surface area contributed by atoms with Crippen LogP contribution < -0.4 is 10.6 Å². The largest absolute Gasteiger partial charge is 0.369 e. The van der Waals surface area contributed by atoms with E-state index in [-0.39, 0.29) is 11.9 Å². The molecule has 0 aromatic heterocycles. The van der Waals surface area contributed by atoms with E-state index in [9.17, 15) is 4.79 Å². The Morgan fingerprint density at radius 1 is 1.60 bits per heavy atom. The first kappa shape index (κ1) is 5.46. The summed E-state index contributed by atoms with van der Waals surface area (Å²) in [5.74, 6) is -0.0150. The van der Waals surface area contributed by atoms with Crippen molar-refractivity contribution in [2.24, 2.45) is 4.99 Å². The number of fused-ring (bicyclic) bond motifs is 1. The maximum atomic E-state index is 11.0. The number of hydrogen-bond acceptors (Lipinski definition) is 3. The highest BCUT2D eigenvalue weighted by Crippen LogP contribution is 2.10. The molecule has 1 amide bonds. The lowest BCUT2D eigenvalue weighted by atomic mass is 10.2. The molecule has 2 N–H and O–H groups in total. The lowest BCUT2D eigenvalue weighted by molar-refractivity contribution is -0.122. The molecule has 2 heterocycles. The summed E-state index contributed by atoms with van der Waals surface area (Å²) < 4.78 is 0. The van der Waals surface area contributed by atoms with E-state index in [0.29, 0.717) is 6.67 Å². The standard InChI is InChI=1S/C6H7N3O/c10-6-5-4(1-2-7-5)8-3-9-6/h1-2,5,8H,3H2,(H,9,10). The fourth-order valence-corrected chi connectivity index (χ4v) is 1.08. The molecular formula is C6H7N3O. The van der Waals surface area contributed by atoms with E-state index in [1.807, 2.05) is 6.08 Å². The van der Waals surface area contributed by atoms with Crippen molar-refractivity contribution in [3.8, 4) is 0 Å². The second-order valence-corrected chi connectivity index (χ2v) is 2.22. The summed E-state index contributed by atoms with van der Waals surface area (Å²) in [5.41, 5.74) is 0.906. The number of nitrogens with one attached hydrogen (secondary N) is 2. The molecule has 0 aliphatic carbocycles. The first-order chi connectivity index (χ1) is 4.88. The van der Waals surface area contributed by atoms with Gasteiger partial charge >= 0.3 is 0 Å². The van der Waals surface area contributed by atoms with Gasteiger partial charge in [-0.15, -0.1) is 0 Å². The van der Waals surface area contributed by atoms with E-state index in [1.165, 1.54) is 0 Å². The zero-order chi connectivity index (χ0) is 6.97. The van der Waals surface area contributed by atoms with Gasteiger partial charge in [0.05, 0.1) is 6.67 Å². The highest BCUT2D eigenvalue weighted by atomic mass is 16.2. The average molecular weight is 137 g/mol. The van der Waals surface area contributed by atoms with Crippen LogP contribution in [0.15, 0.2) is 16.8 Å². The summed E-state index contributed by atoms with van der Waals surface area (Å²) in [6.07, 6.45) is 3.47. The molecule has 0 bridgehead atoms. The number of rotatable bonds is 0. The minimum Gasteiger partial charge on any atom is -0.369 e. The van der Waals surface area contributed by atoms with Crippen molar-refractivity contribution in [2.75, 3.05) is 6.67 Å². The van der Waals surface area contributed by atoms with Crippen LogP contribution in [-0.2, 0) is 4.79 Å². The number of hydrogen-bond donors (Lipinski definition) is 2. The van der Waals surface area contributed by atoms with E-state index in [1.54, 1.807) is 6.21 Å². The molecule has 0 saturated carbocycles. The molecule has 1 unspecified atom stereocenters. The van der Waals surface area contributed by atoms with Crippen molar-refractivity contribution < 1.29 is 4.79 Å². The Morgan fingerprint density at radius 2 is 2.50 bits per heavy atom. The van der Waals surface area contributed by atoms with Crippen molar-refractivity contribution >= 4 is 12.1 Å². The van der Waals surface area contributed by atoms with Crippen LogP contribution in [-0.4, -0.2) is 24.8 Å². The molecule has 0 spiro atoms. The van der Waals surface area contributed by atoms with E-state index in [4.69, 9.17) is 0 Å². The molecule has 1 fully saturated rings. The van der Waals surface area contributed by atoms with Gasteiger partial charge in [0.2, 0.25) is 0 Å². The number of amides is 1. The Bertz CT molecular complexity index is 231. The third-order valence-electron chi connectivity index (χ3n) is 1.59. The predicted octanol–water partition coefficient (Wildman–Crippen LogP) is -1.000. The van der Waals surface area contributed by atoms with Crippen LogP contribution in [0, 0.1) is 0 Å². The lowest BCUT2D eigenvalue weighted by Crippen LogP contribution is -2.48. The number of allylic oxidation sites excluding steroid dienone is 1. The van der Waals surface area contributed by atoms with Crippen LogP contribution in [0.5, 0.6) is 0 Å². The van der Waals surface area contributed by atoms with Gasteiger partial charge in [-0.1, -0.05) is 0 Å². The molecule has 52 valence electrons. The van der Waals surface area contributed by atoms with Gasteiger partial charge in [0.25, 0.3) is 5.91 Å². The molecule has 2 aliphatic heterocycles. The zero-order valence-corrected chi connectivity index (χ0v) is 5.29. The maximum Gasteiger partial charge on any atom is 0.252 e. The molecule has 2 aliphatic rings. The second kappa shape index (κ2) is 1.83. The highest BCUT2D eigenvalue weighted by Gasteiger charge is 2.26. The predicted molar refractivity (Wildman–Crippen MR) is 36.5 cm³/mol. The van der Waals surface area contributed by atoms with Gasteiger partial charge in [-0.25, -0.2) is 0 Å². The highest BCUT2D eigenvalue weighted by molar-refractivity contribution is 5.92. The molecule has 4 nitrogen and oxygen atoms in total. The van der Waals surface area contributed by atoms with Crippen LogP contribution in [0.2, 0.25) is 0 Å². The summed E-state index contributed by atoms with van der Waals surface area (Å²) in [5, 5.41) is 5.66. The number of nitrogens with zero attached hydrogens (tertiary/aromatic N) is 1. The van der Waals surface area contributed by atoms with Gasteiger partial charge in [-0.05, 0) is 6.08 Å². The fraction of sp³-hybridized carbons (Fsp3) is 0.333. The molecular weight excluding hydrogens is 130 g/mol. The SMILES string of the molecule is O=C1NCNC2=CC=NC12. The third kappa shape index (κ3) is 0.618. The summed E-state index contributed by atoms with van der Waals surface area (Å²) in [6, 6.07) is -0.297. The van der Waals surface area contributed by atoms with Crippen LogP contribution in [0.3, 0.4) is 0 Å². The molecule has 0 aromatic rings. The van der Waals surface area contributed by atoms with Gasteiger partial charge in [-0.3, -0.25) is 9.79 Å². The van der Waals surface area contributed by atoms with Crippen molar-refractivity contribution in [2.45, 2.75) is 6.04 Å². The van der Waals surface area contributed by atoms with E-state index >= 15 is 0 Å². The number of carbonyl (C=O) groups is 1. The Hall–Kier alpha value is -1.32. The summed E-state index contributed by atoms with van der Waals surface area (Å²) >= 11 is 0. The minimum absolute atomic E-state index is 0.0150. The van der Waals surface area contributed by atoms with Gasteiger partial charge in [-0.2, -0.15) is 0 Å². The fourth-order valence-electron chi connectivity index (χ4n) is 1.08. The monoisotopic (exact) mass is 137 g/mol. The topological polar surface area (TPSA) is 53.5 Å². The van der Waals surface area contributed by atoms with Gasteiger partial charge < -0.3 is 10.6 Å². The third-order valence-corrected chi connectivity index (χ3v) is 1.59. The molecule has 4 heteroatoms. The van der Waals surface area contributed by atoms with Crippen molar-refractivity contribution in [3.05, 3.63) is 11.8 Å². The molecule has 0 radical (unpaired) electrons. The molecule has 1 saturated heterocycles. The maximum absolute atomic E-state index is 11.0. The van der Waals surface area contributed by atoms with Crippen LogP contribution in [0.25, 0.3) is 0 Å². The van der Waals surface area contributed by atoms with Crippen molar-refractivity contribution in [3.63, 3.8) is 0 Å². The van der Waals surface area contributed by atoms with Crippen LogP contribution >= 0.6 is 0 Å². The Morgan fingerprint density at radius 3 is 3.30 bits per heavy atom.